The second kappa shape index (κ2) is 4.77. The Balaban J connectivity index is 4.67. The standard InChI is InChI=1S/C12H22O3/c1-7-12(6,9(2)13)8-11(4,5)15-10(3)14/h7-8H2,1-6H3. The van der Waals surface area contributed by atoms with Crippen molar-refractivity contribution >= 4 is 11.8 Å². The molecule has 0 N–H and O–H groups in total. The van der Waals surface area contributed by atoms with Crippen LogP contribution >= 0.6 is 0 Å². The van der Waals surface area contributed by atoms with Gasteiger partial charge in [0.1, 0.15) is 11.4 Å². The number of carbonyl (C=O) groups excluding carboxylic acids is 2. The minimum absolute atomic E-state index is 0.144. The molecule has 3 nitrogen and oxygen atoms in total. The molecule has 0 aliphatic rings. The van der Waals surface area contributed by atoms with Crippen molar-refractivity contribution in [3.05, 3.63) is 0 Å². The van der Waals surface area contributed by atoms with Crippen LogP contribution in [-0.2, 0) is 14.3 Å². The number of ether oxygens (including phenoxy) is 1. The van der Waals surface area contributed by atoms with Gasteiger partial charge in [0.2, 0.25) is 0 Å². The molecule has 0 amide bonds. The molecule has 0 aromatic heterocycles. The molecular formula is C12H22O3. The van der Waals surface area contributed by atoms with Gasteiger partial charge in [0, 0.05) is 12.3 Å². The van der Waals surface area contributed by atoms with Crippen molar-refractivity contribution in [2.75, 3.05) is 0 Å². The first-order valence-corrected chi connectivity index (χ1v) is 5.33. The molecule has 88 valence electrons. The Morgan fingerprint density at radius 3 is 1.87 bits per heavy atom. The van der Waals surface area contributed by atoms with Gasteiger partial charge < -0.3 is 4.74 Å². The summed E-state index contributed by atoms with van der Waals surface area (Å²) in [4.78, 5) is 22.4. The van der Waals surface area contributed by atoms with Crippen LogP contribution < -0.4 is 0 Å². The molecule has 0 radical (unpaired) electrons. The van der Waals surface area contributed by atoms with Crippen LogP contribution in [0, 0.1) is 5.41 Å². The summed E-state index contributed by atoms with van der Waals surface area (Å²) in [5.41, 5.74) is -0.985. The third-order valence-corrected chi connectivity index (χ3v) is 2.87. The molecule has 0 spiro atoms. The molecule has 0 aromatic carbocycles. The molecule has 0 saturated heterocycles. The smallest absolute Gasteiger partial charge is 0.303 e. The van der Waals surface area contributed by atoms with E-state index in [9.17, 15) is 9.59 Å². The number of ketones is 1. The first kappa shape index (κ1) is 14.1. The summed E-state index contributed by atoms with van der Waals surface area (Å²) >= 11 is 0. The fourth-order valence-electron chi connectivity index (χ4n) is 1.86. The van der Waals surface area contributed by atoms with Crippen LogP contribution in [0.4, 0.5) is 0 Å². The summed E-state index contributed by atoms with van der Waals surface area (Å²) in [5.74, 6) is -0.160. The molecule has 0 rings (SSSR count). The van der Waals surface area contributed by atoms with Gasteiger partial charge in [0.05, 0.1) is 0 Å². The van der Waals surface area contributed by atoms with Crippen molar-refractivity contribution in [1.29, 1.82) is 0 Å². The Bertz CT molecular complexity index is 256. The minimum atomic E-state index is -0.581. The normalized spacial score (nSPS) is 15.6. The molecule has 0 heterocycles. The quantitative estimate of drug-likeness (QED) is 0.661. The summed E-state index contributed by atoms with van der Waals surface area (Å²) in [6, 6.07) is 0. The first-order valence-electron chi connectivity index (χ1n) is 5.33. The molecule has 0 fully saturated rings. The minimum Gasteiger partial charge on any atom is -0.460 e. The maximum Gasteiger partial charge on any atom is 0.303 e. The van der Waals surface area contributed by atoms with E-state index in [2.05, 4.69) is 0 Å². The van der Waals surface area contributed by atoms with Gasteiger partial charge in [-0.25, -0.2) is 0 Å². The van der Waals surface area contributed by atoms with Crippen LogP contribution in [0.3, 0.4) is 0 Å². The van der Waals surface area contributed by atoms with E-state index in [4.69, 9.17) is 4.74 Å². The lowest BCUT2D eigenvalue weighted by Gasteiger charge is -2.34. The molecule has 0 aliphatic carbocycles. The van der Waals surface area contributed by atoms with Crippen LogP contribution in [0.5, 0.6) is 0 Å². The SMILES string of the molecule is CCC(C)(CC(C)(C)OC(C)=O)C(C)=O. The van der Waals surface area contributed by atoms with E-state index in [0.29, 0.717) is 6.42 Å². The Kier molecular flexibility index (Phi) is 4.50. The highest BCUT2D eigenvalue weighted by Crippen LogP contribution is 2.34. The predicted molar refractivity (Wildman–Crippen MR) is 59.5 cm³/mol. The Hall–Kier alpha value is -0.860. The molecule has 1 unspecified atom stereocenters. The van der Waals surface area contributed by atoms with E-state index < -0.39 is 11.0 Å². The monoisotopic (exact) mass is 214 g/mol. The van der Waals surface area contributed by atoms with Crippen LogP contribution in [0.2, 0.25) is 0 Å². The van der Waals surface area contributed by atoms with E-state index in [1.54, 1.807) is 6.92 Å². The van der Waals surface area contributed by atoms with Gasteiger partial charge in [-0.1, -0.05) is 13.8 Å². The predicted octanol–water partition coefficient (Wildman–Crippen LogP) is 2.72. The van der Waals surface area contributed by atoms with Gasteiger partial charge in [-0.3, -0.25) is 9.59 Å². The number of esters is 1. The van der Waals surface area contributed by atoms with Gasteiger partial charge in [-0.15, -0.1) is 0 Å². The van der Waals surface area contributed by atoms with Crippen LogP contribution in [0.25, 0.3) is 0 Å². The maximum atomic E-state index is 11.5. The van der Waals surface area contributed by atoms with E-state index in [1.807, 2.05) is 27.7 Å². The summed E-state index contributed by atoms with van der Waals surface area (Å²) < 4.78 is 5.19. The highest BCUT2D eigenvalue weighted by molar-refractivity contribution is 5.82. The number of carbonyl (C=O) groups is 2. The molecule has 0 saturated carbocycles. The molecular weight excluding hydrogens is 192 g/mol. The second-order valence-electron chi connectivity index (χ2n) is 5.00. The highest BCUT2D eigenvalue weighted by Gasteiger charge is 2.36. The zero-order chi connectivity index (χ0) is 12.3. The molecule has 3 heteroatoms. The van der Waals surface area contributed by atoms with Crippen LogP contribution in [-0.4, -0.2) is 17.4 Å². The first-order chi connectivity index (χ1) is 6.63. The lowest BCUT2D eigenvalue weighted by atomic mass is 9.75. The van der Waals surface area contributed by atoms with E-state index in [-0.39, 0.29) is 11.8 Å². The summed E-state index contributed by atoms with van der Waals surface area (Å²) in [5, 5.41) is 0. The third-order valence-electron chi connectivity index (χ3n) is 2.87. The third kappa shape index (κ3) is 4.45. The fraction of sp³-hybridized carbons (Fsp3) is 0.833. The van der Waals surface area contributed by atoms with Crippen molar-refractivity contribution in [3.63, 3.8) is 0 Å². The number of rotatable bonds is 5. The maximum absolute atomic E-state index is 11.5. The lowest BCUT2D eigenvalue weighted by Crippen LogP contribution is -2.37. The van der Waals surface area contributed by atoms with Crippen molar-refractivity contribution in [2.45, 2.75) is 60.0 Å². The van der Waals surface area contributed by atoms with Crippen molar-refractivity contribution < 1.29 is 14.3 Å². The van der Waals surface area contributed by atoms with Crippen molar-refractivity contribution in [3.8, 4) is 0 Å². The Morgan fingerprint density at radius 1 is 1.13 bits per heavy atom. The summed E-state index contributed by atoms with van der Waals surface area (Å²) in [6.45, 7) is 10.6. The fourth-order valence-corrected chi connectivity index (χ4v) is 1.86. The molecule has 0 aromatic rings. The molecule has 0 aliphatic heterocycles. The molecule has 15 heavy (non-hydrogen) atoms. The molecule has 1 atom stereocenters. The van der Waals surface area contributed by atoms with Gasteiger partial charge in [0.15, 0.2) is 0 Å². The average molecular weight is 214 g/mol. The Morgan fingerprint density at radius 2 is 1.60 bits per heavy atom. The van der Waals surface area contributed by atoms with Crippen molar-refractivity contribution in [2.24, 2.45) is 5.41 Å². The topological polar surface area (TPSA) is 43.4 Å². The molecule has 0 bridgehead atoms. The van der Waals surface area contributed by atoms with E-state index in [0.717, 1.165) is 6.42 Å². The Labute approximate surface area is 92.2 Å². The van der Waals surface area contributed by atoms with Crippen LogP contribution in [0.1, 0.15) is 54.4 Å². The number of hydrogen-bond acceptors (Lipinski definition) is 3. The van der Waals surface area contributed by atoms with E-state index in [1.165, 1.54) is 6.92 Å². The van der Waals surface area contributed by atoms with Crippen molar-refractivity contribution in [1.82, 2.24) is 0 Å². The van der Waals surface area contributed by atoms with Gasteiger partial charge in [-0.05, 0) is 33.6 Å². The largest absolute Gasteiger partial charge is 0.460 e. The van der Waals surface area contributed by atoms with Gasteiger partial charge in [-0.2, -0.15) is 0 Å². The van der Waals surface area contributed by atoms with Gasteiger partial charge >= 0.3 is 5.97 Å². The van der Waals surface area contributed by atoms with Gasteiger partial charge in [0.25, 0.3) is 0 Å². The zero-order valence-corrected chi connectivity index (χ0v) is 10.6. The lowest BCUT2D eigenvalue weighted by molar-refractivity contribution is -0.158. The summed E-state index contributed by atoms with van der Waals surface area (Å²) in [7, 11) is 0. The van der Waals surface area contributed by atoms with Crippen LogP contribution in [0.15, 0.2) is 0 Å². The number of hydrogen-bond donors (Lipinski definition) is 0. The second-order valence-corrected chi connectivity index (χ2v) is 5.00. The summed E-state index contributed by atoms with van der Waals surface area (Å²) in [6.07, 6.45) is 1.32. The van der Waals surface area contributed by atoms with E-state index >= 15 is 0 Å². The number of Topliss-reactive ketones (excluding diaryl/α,β-unsaturated/α-hetero) is 1. The average Bonchev–Trinajstić information content (AvgIpc) is 2.00. The zero-order valence-electron chi connectivity index (χ0n) is 10.6. The highest BCUT2D eigenvalue weighted by atomic mass is 16.6.